The molecule has 3 atom stereocenters. The minimum absolute atomic E-state index is 0.00670. The molecule has 1 N–H and O–H groups in total. The molecule has 0 bridgehead atoms. The van der Waals surface area contributed by atoms with E-state index >= 15 is 0 Å². The normalized spacial score (nSPS) is 24.6. The highest BCUT2D eigenvalue weighted by atomic mass is 32.2. The van der Waals surface area contributed by atoms with E-state index in [9.17, 15) is 18.0 Å². The number of anilines is 1. The number of piperazine rings is 1. The van der Waals surface area contributed by atoms with E-state index in [2.05, 4.69) is 20.2 Å². The van der Waals surface area contributed by atoms with E-state index in [0.29, 0.717) is 64.0 Å². The van der Waals surface area contributed by atoms with E-state index in [-0.39, 0.29) is 16.7 Å². The van der Waals surface area contributed by atoms with Crippen LogP contribution >= 0.6 is 0 Å². The molecule has 2 saturated heterocycles. The van der Waals surface area contributed by atoms with Crippen LogP contribution in [0.3, 0.4) is 0 Å². The Morgan fingerprint density at radius 3 is 2.43 bits per heavy atom. The first kappa shape index (κ1) is 28.5. The molecule has 4 heterocycles. The number of hydrogen-bond donors (Lipinski definition) is 1. The topological polar surface area (TPSA) is 116 Å². The maximum Gasteiger partial charge on any atom is 0.245 e. The van der Waals surface area contributed by atoms with Gasteiger partial charge in [-0.3, -0.25) is 14.6 Å². The van der Waals surface area contributed by atoms with E-state index in [1.807, 2.05) is 35.2 Å². The van der Waals surface area contributed by atoms with Gasteiger partial charge < -0.3 is 15.1 Å². The number of fused-ring (bicyclic) bond motifs is 2. The Hall–Kier alpha value is -3.57. The summed E-state index contributed by atoms with van der Waals surface area (Å²) in [5.74, 6) is -0.267. The van der Waals surface area contributed by atoms with Crippen molar-refractivity contribution in [2.45, 2.75) is 49.5 Å². The van der Waals surface area contributed by atoms with Crippen LogP contribution in [0.2, 0.25) is 0 Å². The van der Waals surface area contributed by atoms with Crippen molar-refractivity contribution in [3.05, 3.63) is 60.9 Å². The van der Waals surface area contributed by atoms with Crippen LogP contribution in [0.4, 0.5) is 5.82 Å². The predicted octanol–water partition coefficient (Wildman–Crippen LogP) is 3.05. The molecular formula is C31H38N6O4S. The largest absolute Gasteiger partial charge is 0.356 e. The van der Waals surface area contributed by atoms with Crippen LogP contribution in [-0.4, -0.2) is 84.7 Å². The minimum atomic E-state index is -4.01. The molecule has 2 amide bonds. The summed E-state index contributed by atoms with van der Waals surface area (Å²) < 4.78 is 30.3. The highest BCUT2D eigenvalue weighted by Crippen LogP contribution is 2.40. The molecule has 1 aromatic carbocycles. The molecule has 10 nitrogen and oxygen atoms in total. The number of aromatic nitrogens is 2. The number of carbonyl (C=O) groups is 2. The van der Waals surface area contributed by atoms with Crippen LogP contribution in [0.15, 0.2) is 65.8 Å². The lowest BCUT2D eigenvalue weighted by molar-refractivity contribution is -0.135. The first-order chi connectivity index (χ1) is 20.4. The zero-order valence-corrected chi connectivity index (χ0v) is 24.6. The van der Waals surface area contributed by atoms with Crippen molar-refractivity contribution in [2.75, 3.05) is 44.2 Å². The second-order valence-electron chi connectivity index (χ2n) is 11.5. The maximum atomic E-state index is 14.4. The molecule has 0 radical (unpaired) electrons. The van der Waals surface area contributed by atoms with Crippen molar-refractivity contribution in [1.29, 1.82) is 0 Å². The Bertz CT molecular complexity index is 1520. The highest BCUT2D eigenvalue weighted by molar-refractivity contribution is 7.89. The molecule has 3 aromatic rings. The fraction of sp³-hybridized carbons (Fsp3) is 0.484. The maximum absolute atomic E-state index is 14.4. The standard InChI is InChI=1S/C31H38N6O4S/c38-30-25-21-24(31(39)36-19-17-35(18-20-36)28-12-3-5-13-32-28)22-26(25)37(16-6-2-1-4-14-34-30)42(40,41)27-11-7-9-23-10-8-15-33-29(23)27/h3,5,7-13,15,24-26H,1-2,4,6,14,16-22H2,(H,34,38). The third-order valence-electron chi connectivity index (χ3n) is 8.94. The Morgan fingerprint density at radius 1 is 0.833 bits per heavy atom. The van der Waals surface area contributed by atoms with E-state index in [1.165, 1.54) is 4.31 Å². The monoisotopic (exact) mass is 590 g/mol. The number of nitrogens with one attached hydrogen (secondary N) is 1. The van der Waals surface area contributed by atoms with E-state index in [0.717, 1.165) is 30.5 Å². The molecule has 42 heavy (non-hydrogen) atoms. The molecule has 11 heteroatoms. The van der Waals surface area contributed by atoms with Crippen LogP contribution in [0.1, 0.15) is 38.5 Å². The zero-order valence-electron chi connectivity index (χ0n) is 23.8. The summed E-state index contributed by atoms with van der Waals surface area (Å²) >= 11 is 0. The molecule has 222 valence electrons. The number of rotatable bonds is 4. The molecule has 3 aliphatic rings. The number of sulfonamides is 1. The third kappa shape index (κ3) is 5.72. The number of benzene rings is 1. The lowest BCUT2D eigenvalue weighted by Gasteiger charge is -2.36. The Morgan fingerprint density at radius 2 is 1.62 bits per heavy atom. The average molecular weight is 591 g/mol. The van der Waals surface area contributed by atoms with Gasteiger partial charge in [-0.25, -0.2) is 13.4 Å². The highest BCUT2D eigenvalue weighted by Gasteiger charge is 2.48. The van der Waals surface area contributed by atoms with Crippen LogP contribution in [0, 0.1) is 11.8 Å². The lowest BCUT2D eigenvalue weighted by atomic mass is 10.0. The zero-order chi connectivity index (χ0) is 29.1. The second kappa shape index (κ2) is 12.3. The van der Waals surface area contributed by atoms with Gasteiger partial charge in [0.05, 0.1) is 11.4 Å². The van der Waals surface area contributed by atoms with Gasteiger partial charge in [0.1, 0.15) is 10.7 Å². The van der Waals surface area contributed by atoms with Crippen molar-refractivity contribution in [3.8, 4) is 0 Å². The number of carbonyl (C=O) groups excluding carboxylic acids is 2. The van der Waals surface area contributed by atoms with Crippen molar-refractivity contribution in [2.24, 2.45) is 11.8 Å². The number of amides is 2. The molecule has 6 rings (SSSR count). The van der Waals surface area contributed by atoms with Gasteiger partial charge in [0.25, 0.3) is 0 Å². The van der Waals surface area contributed by atoms with Crippen molar-refractivity contribution >= 4 is 38.6 Å². The second-order valence-corrected chi connectivity index (χ2v) is 13.4. The number of pyridine rings is 2. The summed E-state index contributed by atoms with van der Waals surface area (Å²) in [5.41, 5.74) is 0.423. The molecular weight excluding hydrogens is 552 g/mol. The Kier molecular flexibility index (Phi) is 8.39. The fourth-order valence-corrected chi connectivity index (χ4v) is 8.61. The molecule has 2 aliphatic heterocycles. The summed E-state index contributed by atoms with van der Waals surface area (Å²) in [6, 6.07) is 14.0. The van der Waals surface area contributed by atoms with Gasteiger partial charge in [-0.15, -0.1) is 0 Å². The van der Waals surface area contributed by atoms with Crippen molar-refractivity contribution in [1.82, 2.24) is 24.5 Å². The smallest absolute Gasteiger partial charge is 0.245 e. The minimum Gasteiger partial charge on any atom is -0.356 e. The Labute approximate surface area is 247 Å². The summed E-state index contributed by atoms with van der Waals surface area (Å²) in [6.07, 6.45) is 7.38. The van der Waals surface area contributed by atoms with E-state index in [4.69, 9.17) is 0 Å². The SMILES string of the molecule is O=C1NCCCCCCN(S(=O)(=O)c2cccc3cccnc23)C2CC(C(=O)N3CCN(c4ccccn4)CC3)CC12. The van der Waals surface area contributed by atoms with Gasteiger partial charge in [0.15, 0.2) is 0 Å². The van der Waals surface area contributed by atoms with Crippen LogP contribution < -0.4 is 10.2 Å². The average Bonchev–Trinajstić information content (AvgIpc) is 3.46. The Balaban J connectivity index is 1.27. The van der Waals surface area contributed by atoms with Gasteiger partial charge in [0, 0.05) is 69.0 Å². The number of hydrogen-bond acceptors (Lipinski definition) is 7. The van der Waals surface area contributed by atoms with Gasteiger partial charge >= 0.3 is 0 Å². The quantitative estimate of drug-likeness (QED) is 0.497. The lowest BCUT2D eigenvalue weighted by Crippen LogP contribution is -2.50. The van der Waals surface area contributed by atoms with Crippen molar-refractivity contribution < 1.29 is 18.0 Å². The molecule has 3 unspecified atom stereocenters. The van der Waals surface area contributed by atoms with E-state index in [1.54, 1.807) is 30.6 Å². The summed E-state index contributed by atoms with van der Waals surface area (Å²) in [5, 5.41) is 3.79. The molecule has 0 spiro atoms. The van der Waals surface area contributed by atoms with Crippen LogP contribution in [-0.2, 0) is 19.6 Å². The van der Waals surface area contributed by atoms with Gasteiger partial charge in [-0.1, -0.05) is 37.1 Å². The van der Waals surface area contributed by atoms with E-state index < -0.39 is 27.9 Å². The fourth-order valence-electron chi connectivity index (χ4n) is 6.74. The van der Waals surface area contributed by atoms with Crippen molar-refractivity contribution in [3.63, 3.8) is 0 Å². The van der Waals surface area contributed by atoms with Gasteiger partial charge in [0.2, 0.25) is 21.8 Å². The van der Waals surface area contributed by atoms with Crippen LogP contribution in [0.25, 0.3) is 10.9 Å². The third-order valence-corrected chi connectivity index (χ3v) is 10.9. The van der Waals surface area contributed by atoms with Gasteiger partial charge in [-0.2, -0.15) is 4.31 Å². The van der Waals surface area contributed by atoms with Gasteiger partial charge in [-0.05, 0) is 49.9 Å². The first-order valence-electron chi connectivity index (χ1n) is 15.0. The molecule has 3 fully saturated rings. The molecule has 2 aromatic heterocycles. The number of nitrogens with zero attached hydrogens (tertiary/aromatic N) is 5. The van der Waals surface area contributed by atoms with Crippen LogP contribution in [0.5, 0.6) is 0 Å². The molecule has 1 saturated carbocycles. The summed E-state index contributed by atoms with van der Waals surface area (Å²) in [4.78, 5) is 40.4. The first-order valence-corrected chi connectivity index (χ1v) is 16.5. The predicted molar refractivity (Wildman–Crippen MR) is 160 cm³/mol. The summed E-state index contributed by atoms with van der Waals surface area (Å²) in [6.45, 7) is 3.36. The molecule has 1 aliphatic carbocycles. The number of para-hydroxylation sites is 1. The summed E-state index contributed by atoms with van der Waals surface area (Å²) in [7, 11) is -4.01.